The van der Waals surface area contributed by atoms with Gasteiger partial charge in [-0.15, -0.1) is 0 Å². The summed E-state index contributed by atoms with van der Waals surface area (Å²) in [7, 11) is 1.62. The number of fused-ring (bicyclic) bond motifs is 2. The van der Waals surface area contributed by atoms with Crippen molar-refractivity contribution in [2.24, 2.45) is 0 Å². The van der Waals surface area contributed by atoms with E-state index in [0.717, 1.165) is 25.8 Å². The van der Waals surface area contributed by atoms with Crippen LogP contribution in [0.1, 0.15) is 17.5 Å². The Hall–Kier alpha value is -2.49. The van der Waals surface area contributed by atoms with Crippen LogP contribution in [0.15, 0.2) is 48.5 Å². The Morgan fingerprint density at radius 1 is 1.04 bits per heavy atom. The number of anilines is 2. The van der Waals surface area contributed by atoms with Crippen LogP contribution >= 0.6 is 0 Å². The largest absolute Gasteiger partial charge is 0.465 e. The lowest BCUT2D eigenvalue weighted by Crippen LogP contribution is -2.29. The van der Waals surface area contributed by atoms with Crippen molar-refractivity contribution in [1.82, 2.24) is 4.90 Å². The molecule has 0 aromatic heterocycles. The standard InChI is InChI=1S/C19H22N2O2/c1-20(19(22)23)13-6-14-21-17-9-4-2-7-15(17)11-12-16-8-3-5-10-18(16)21/h2-5,7-10H,6,11-14H2,1H3,(H,22,23). The highest BCUT2D eigenvalue weighted by Crippen LogP contribution is 2.35. The Morgan fingerprint density at radius 3 is 2.09 bits per heavy atom. The maximum Gasteiger partial charge on any atom is 0.407 e. The molecule has 23 heavy (non-hydrogen) atoms. The first-order chi connectivity index (χ1) is 11.2. The Morgan fingerprint density at radius 2 is 1.57 bits per heavy atom. The van der Waals surface area contributed by atoms with Crippen LogP contribution in [-0.4, -0.2) is 36.2 Å². The molecular weight excluding hydrogens is 288 g/mol. The predicted molar refractivity (Wildman–Crippen MR) is 92.6 cm³/mol. The van der Waals surface area contributed by atoms with Crippen molar-refractivity contribution < 1.29 is 9.90 Å². The first-order valence-electron chi connectivity index (χ1n) is 8.04. The van der Waals surface area contributed by atoms with Gasteiger partial charge in [0, 0.05) is 31.5 Å². The second kappa shape index (κ2) is 6.73. The molecule has 0 atom stereocenters. The molecule has 1 amide bonds. The normalized spacial score (nSPS) is 13.0. The number of hydrogen-bond acceptors (Lipinski definition) is 2. The monoisotopic (exact) mass is 310 g/mol. The zero-order chi connectivity index (χ0) is 16.2. The van der Waals surface area contributed by atoms with Crippen LogP contribution in [0.5, 0.6) is 0 Å². The number of amides is 1. The number of rotatable bonds is 4. The van der Waals surface area contributed by atoms with Gasteiger partial charge >= 0.3 is 6.09 Å². The maximum atomic E-state index is 10.9. The van der Waals surface area contributed by atoms with Crippen molar-refractivity contribution in [3.63, 3.8) is 0 Å². The highest BCUT2D eigenvalue weighted by molar-refractivity contribution is 5.71. The molecule has 4 heteroatoms. The molecule has 4 nitrogen and oxygen atoms in total. The third-order valence-corrected chi connectivity index (χ3v) is 4.43. The summed E-state index contributed by atoms with van der Waals surface area (Å²) in [6, 6.07) is 17.0. The Balaban J connectivity index is 1.86. The van der Waals surface area contributed by atoms with E-state index >= 15 is 0 Å². The zero-order valence-corrected chi connectivity index (χ0v) is 13.4. The van der Waals surface area contributed by atoms with E-state index in [4.69, 9.17) is 5.11 Å². The number of hydrogen-bond donors (Lipinski definition) is 1. The number of carbonyl (C=O) groups is 1. The van der Waals surface area contributed by atoms with Crippen molar-refractivity contribution in [3.05, 3.63) is 59.7 Å². The summed E-state index contributed by atoms with van der Waals surface area (Å²) in [6.45, 7) is 1.35. The van der Waals surface area contributed by atoms with Gasteiger partial charge in [-0.2, -0.15) is 0 Å². The number of para-hydroxylation sites is 2. The first kappa shape index (κ1) is 15.4. The lowest BCUT2D eigenvalue weighted by Gasteiger charge is -2.27. The van der Waals surface area contributed by atoms with Crippen molar-refractivity contribution >= 4 is 17.5 Å². The second-order valence-electron chi connectivity index (χ2n) is 5.97. The maximum absolute atomic E-state index is 10.9. The van der Waals surface area contributed by atoms with E-state index in [-0.39, 0.29) is 0 Å². The molecule has 1 N–H and O–H groups in total. The molecule has 0 aliphatic carbocycles. The molecule has 2 aromatic rings. The van der Waals surface area contributed by atoms with E-state index in [9.17, 15) is 4.79 Å². The van der Waals surface area contributed by atoms with Crippen LogP contribution < -0.4 is 4.90 Å². The minimum Gasteiger partial charge on any atom is -0.465 e. The van der Waals surface area contributed by atoms with Crippen molar-refractivity contribution in [3.8, 4) is 0 Å². The number of aryl methyl sites for hydroxylation is 2. The Kier molecular flexibility index (Phi) is 4.51. The van der Waals surface area contributed by atoms with Crippen molar-refractivity contribution in [2.75, 3.05) is 25.0 Å². The lowest BCUT2D eigenvalue weighted by molar-refractivity contribution is 0.156. The number of benzene rings is 2. The van der Waals surface area contributed by atoms with Crippen LogP contribution in [0.25, 0.3) is 0 Å². The van der Waals surface area contributed by atoms with Gasteiger partial charge in [-0.25, -0.2) is 4.79 Å². The van der Waals surface area contributed by atoms with Gasteiger partial charge in [0.05, 0.1) is 0 Å². The molecule has 0 bridgehead atoms. The summed E-state index contributed by atoms with van der Waals surface area (Å²) in [5.41, 5.74) is 5.21. The van der Waals surface area contributed by atoms with Gasteiger partial charge in [0.15, 0.2) is 0 Å². The molecule has 1 aliphatic heterocycles. The molecule has 0 unspecified atom stereocenters. The first-order valence-corrected chi connectivity index (χ1v) is 8.04. The molecule has 120 valence electrons. The van der Waals surface area contributed by atoms with E-state index in [1.807, 2.05) is 0 Å². The van der Waals surface area contributed by atoms with Gasteiger partial charge in [0.25, 0.3) is 0 Å². The molecule has 0 radical (unpaired) electrons. The van der Waals surface area contributed by atoms with Crippen LogP contribution in [0.3, 0.4) is 0 Å². The molecule has 3 rings (SSSR count). The van der Waals surface area contributed by atoms with Gasteiger partial charge in [-0.1, -0.05) is 36.4 Å². The molecule has 1 aliphatic rings. The predicted octanol–water partition coefficient (Wildman–Crippen LogP) is 3.92. The second-order valence-corrected chi connectivity index (χ2v) is 5.97. The quantitative estimate of drug-likeness (QED) is 0.930. The summed E-state index contributed by atoms with van der Waals surface area (Å²) in [5, 5.41) is 8.99. The molecule has 0 spiro atoms. The summed E-state index contributed by atoms with van der Waals surface area (Å²) in [6.07, 6.45) is 2.00. The fraction of sp³-hybridized carbons (Fsp3) is 0.316. The molecule has 1 heterocycles. The lowest BCUT2D eigenvalue weighted by atomic mass is 10.0. The van der Waals surface area contributed by atoms with Gasteiger partial charge in [-0.05, 0) is 42.5 Å². The minimum absolute atomic E-state index is 0.538. The zero-order valence-electron chi connectivity index (χ0n) is 13.4. The van der Waals surface area contributed by atoms with Crippen molar-refractivity contribution in [2.45, 2.75) is 19.3 Å². The molecule has 0 fully saturated rings. The topological polar surface area (TPSA) is 43.8 Å². The van der Waals surface area contributed by atoms with E-state index in [1.165, 1.54) is 27.4 Å². The molecule has 0 saturated carbocycles. The van der Waals surface area contributed by atoms with Crippen LogP contribution in [-0.2, 0) is 12.8 Å². The fourth-order valence-corrected chi connectivity index (χ4v) is 3.17. The summed E-state index contributed by atoms with van der Waals surface area (Å²) in [4.78, 5) is 14.6. The summed E-state index contributed by atoms with van der Waals surface area (Å²) in [5.74, 6) is 0. The highest BCUT2D eigenvalue weighted by atomic mass is 16.4. The summed E-state index contributed by atoms with van der Waals surface area (Å²) >= 11 is 0. The van der Waals surface area contributed by atoms with E-state index < -0.39 is 6.09 Å². The van der Waals surface area contributed by atoms with E-state index in [2.05, 4.69) is 53.4 Å². The van der Waals surface area contributed by atoms with E-state index in [0.29, 0.717) is 6.54 Å². The van der Waals surface area contributed by atoms with Gasteiger partial charge < -0.3 is 14.9 Å². The third kappa shape index (κ3) is 3.31. The van der Waals surface area contributed by atoms with Gasteiger partial charge in [0.1, 0.15) is 0 Å². The minimum atomic E-state index is -0.873. The van der Waals surface area contributed by atoms with Crippen LogP contribution in [0.4, 0.5) is 16.2 Å². The van der Waals surface area contributed by atoms with Crippen LogP contribution in [0, 0.1) is 0 Å². The SMILES string of the molecule is CN(CCCN1c2ccccc2CCc2ccccc21)C(=O)O. The Bertz CT molecular complexity index is 652. The molecule has 2 aromatic carbocycles. The average Bonchev–Trinajstić information content (AvgIpc) is 2.72. The highest BCUT2D eigenvalue weighted by Gasteiger charge is 2.19. The Labute approximate surface area is 137 Å². The molecular formula is C19H22N2O2. The smallest absolute Gasteiger partial charge is 0.407 e. The summed E-state index contributed by atoms with van der Waals surface area (Å²) < 4.78 is 0. The van der Waals surface area contributed by atoms with Crippen LogP contribution in [0.2, 0.25) is 0 Å². The molecule has 0 saturated heterocycles. The van der Waals surface area contributed by atoms with E-state index in [1.54, 1.807) is 7.05 Å². The fourth-order valence-electron chi connectivity index (χ4n) is 3.17. The average molecular weight is 310 g/mol. The number of carboxylic acid groups (broad SMARTS) is 1. The van der Waals surface area contributed by atoms with Crippen molar-refractivity contribution in [1.29, 1.82) is 0 Å². The van der Waals surface area contributed by atoms with Gasteiger partial charge in [-0.3, -0.25) is 0 Å². The third-order valence-electron chi connectivity index (χ3n) is 4.43. The number of nitrogens with zero attached hydrogens (tertiary/aromatic N) is 2. The van der Waals surface area contributed by atoms with Gasteiger partial charge in [0.2, 0.25) is 0 Å².